The summed E-state index contributed by atoms with van der Waals surface area (Å²) in [5, 5.41) is 0. The van der Waals surface area contributed by atoms with Crippen LogP contribution in [-0.4, -0.2) is 0 Å². The summed E-state index contributed by atoms with van der Waals surface area (Å²) in [5.74, 6) is 0. The van der Waals surface area contributed by atoms with E-state index in [1.54, 1.807) is 22.7 Å². The van der Waals surface area contributed by atoms with Gasteiger partial charge in [-0.15, -0.1) is 29.3 Å². The molecule has 0 atom stereocenters. The van der Waals surface area contributed by atoms with Gasteiger partial charge in [-0.3, -0.25) is 0 Å². The number of rotatable bonds is 2. The minimum atomic E-state index is 0.938. The average molecular weight is 338 g/mol. The van der Waals surface area contributed by atoms with Gasteiger partial charge >= 0.3 is 0 Å². The van der Waals surface area contributed by atoms with E-state index in [0.29, 0.717) is 0 Å². The molecular weight excluding hydrogens is 332 g/mol. The predicted octanol–water partition coefficient (Wildman–Crippen LogP) is 5.22. The standard InChI is InChI=1S/C9H6Br2S2/c1-2-3-5-8-6(12-9(5)11)4-7(10)13-8/h2,4H,1,3H2. The molecule has 68 valence electrons. The van der Waals surface area contributed by atoms with Gasteiger partial charge in [-0.1, -0.05) is 6.08 Å². The topological polar surface area (TPSA) is 0 Å². The summed E-state index contributed by atoms with van der Waals surface area (Å²) in [6.45, 7) is 3.77. The van der Waals surface area contributed by atoms with E-state index in [-0.39, 0.29) is 0 Å². The van der Waals surface area contributed by atoms with Gasteiger partial charge in [0, 0.05) is 4.70 Å². The van der Waals surface area contributed by atoms with Crippen molar-refractivity contribution in [3.05, 3.63) is 31.9 Å². The summed E-state index contributed by atoms with van der Waals surface area (Å²) >= 11 is 10.7. The fraction of sp³-hybridized carbons (Fsp3) is 0.111. The highest BCUT2D eigenvalue weighted by Crippen LogP contribution is 2.42. The van der Waals surface area contributed by atoms with Gasteiger partial charge in [-0.05, 0) is 49.9 Å². The third-order valence-electron chi connectivity index (χ3n) is 1.73. The first-order valence-electron chi connectivity index (χ1n) is 3.69. The van der Waals surface area contributed by atoms with Crippen molar-refractivity contribution >= 4 is 63.9 Å². The number of thiophene rings is 2. The zero-order valence-corrected chi connectivity index (χ0v) is 11.4. The first-order valence-corrected chi connectivity index (χ1v) is 6.91. The van der Waals surface area contributed by atoms with E-state index in [4.69, 9.17) is 0 Å². The normalized spacial score (nSPS) is 10.9. The Hall–Kier alpha value is 0.360. The maximum atomic E-state index is 3.77. The molecule has 2 aromatic rings. The number of hydrogen-bond acceptors (Lipinski definition) is 2. The Morgan fingerprint density at radius 1 is 1.38 bits per heavy atom. The van der Waals surface area contributed by atoms with E-state index in [1.165, 1.54) is 22.5 Å². The Morgan fingerprint density at radius 2 is 2.15 bits per heavy atom. The maximum absolute atomic E-state index is 3.77. The van der Waals surface area contributed by atoms with Gasteiger partial charge in [0.2, 0.25) is 0 Å². The second-order valence-electron chi connectivity index (χ2n) is 2.59. The smallest absolute Gasteiger partial charge is 0.0754 e. The second-order valence-corrected chi connectivity index (χ2v) is 7.39. The molecule has 0 saturated carbocycles. The van der Waals surface area contributed by atoms with Crippen LogP contribution in [0.5, 0.6) is 0 Å². The van der Waals surface area contributed by atoms with Crippen LogP contribution in [0.1, 0.15) is 5.56 Å². The first-order chi connectivity index (χ1) is 6.22. The molecular formula is C9H6Br2S2. The molecule has 0 radical (unpaired) electrons. The molecule has 0 aromatic carbocycles. The lowest BCUT2D eigenvalue weighted by Gasteiger charge is -1.91. The van der Waals surface area contributed by atoms with Crippen LogP contribution in [0, 0.1) is 0 Å². The Balaban J connectivity index is 2.67. The van der Waals surface area contributed by atoms with Gasteiger partial charge in [0.25, 0.3) is 0 Å². The lowest BCUT2D eigenvalue weighted by Crippen LogP contribution is -1.74. The van der Waals surface area contributed by atoms with Crippen molar-refractivity contribution in [3.63, 3.8) is 0 Å². The Kier molecular flexibility index (Phi) is 2.93. The summed E-state index contributed by atoms with van der Waals surface area (Å²) in [4.78, 5) is 0. The highest BCUT2D eigenvalue weighted by Gasteiger charge is 2.11. The number of allylic oxidation sites excluding steroid dienone is 1. The Labute approximate surface area is 102 Å². The number of hydrogen-bond donors (Lipinski definition) is 0. The molecule has 0 aliphatic carbocycles. The van der Waals surface area contributed by atoms with Crippen molar-refractivity contribution < 1.29 is 0 Å². The SMILES string of the molecule is C=CCc1c(Br)sc2cc(Br)sc12. The van der Waals surface area contributed by atoms with Crippen LogP contribution >= 0.6 is 54.5 Å². The molecule has 2 aromatic heterocycles. The zero-order chi connectivity index (χ0) is 9.42. The van der Waals surface area contributed by atoms with Crippen LogP contribution in [0.3, 0.4) is 0 Å². The minimum absolute atomic E-state index is 0.938. The fourth-order valence-corrected chi connectivity index (χ4v) is 5.20. The molecule has 4 heteroatoms. The van der Waals surface area contributed by atoms with E-state index in [1.807, 2.05) is 6.08 Å². The van der Waals surface area contributed by atoms with E-state index >= 15 is 0 Å². The minimum Gasteiger partial charge on any atom is -0.127 e. The van der Waals surface area contributed by atoms with Crippen molar-refractivity contribution in [1.29, 1.82) is 0 Å². The van der Waals surface area contributed by atoms with Crippen LogP contribution in [0.4, 0.5) is 0 Å². The van der Waals surface area contributed by atoms with Gasteiger partial charge in [0.1, 0.15) is 0 Å². The molecule has 0 bridgehead atoms. The van der Waals surface area contributed by atoms with E-state index in [9.17, 15) is 0 Å². The van der Waals surface area contributed by atoms with Gasteiger partial charge in [-0.2, -0.15) is 0 Å². The Morgan fingerprint density at radius 3 is 2.85 bits per heavy atom. The molecule has 0 fully saturated rings. The Bertz CT molecular complexity index is 453. The molecule has 2 rings (SSSR count). The molecule has 0 unspecified atom stereocenters. The lowest BCUT2D eigenvalue weighted by atomic mass is 10.2. The average Bonchev–Trinajstić information content (AvgIpc) is 2.52. The van der Waals surface area contributed by atoms with Crippen LogP contribution in [-0.2, 0) is 6.42 Å². The van der Waals surface area contributed by atoms with Crippen molar-refractivity contribution in [1.82, 2.24) is 0 Å². The highest BCUT2D eigenvalue weighted by molar-refractivity contribution is 9.11. The summed E-state index contributed by atoms with van der Waals surface area (Å²) in [5.41, 5.74) is 1.37. The van der Waals surface area contributed by atoms with Crippen molar-refractivity contribution in [2.45, 2.75) is 6.42 Å². The van der Waals surface area contributed by atoms with Crippen LogP contribution in [0.2, 0.25) is 0 Å². The molecule has 0 spiro atoms. The molecule has 0 amide bonds. The molecule has 2 heterocycles. The van der Waals surface area contributed by atoms with Crippen LogP contribution in [0.25, 0.3) is 9.40 Å². The van der Waals surface area contributed by atoms with Gasteiger partial charge in [0.05, 0.1) is 12.3 Å². The first kappa shape index (κ1) is 9.90. The maximum Gasteiger partial charge on any atom is 0.0754 e. The third-order valence-corrected chi connectivity index (χ3v) is 5.49. The monoisotopic (exact) mass is 336 g/mol. The third kappa shape index (κ3) is 1.77. The van der Waals surface area contributed by atoms with E-state index < -0.39 is 0 Å². The number of fused-ring (bicyclic) bond motifs is 1. The fourth-order valence-electron chi connectivity index (χ4n) is 1.20. The molecule has 0 saturated heterocycles. The lowest BCUT2D eigenvalue weighted by molar-refractivity contribution is 1.32. The molecule has 0 nitrogen and oxygen atoms in total. The summed E-state index contributed by atoms with van der Waals surface area (Å²) in [6.07, 6.45) is 2.88. The summed E-state index contributed by atoms with van der Waals surface area (Å²) < 4.78 is 5.16. The predicted molar refractivity (Wildman–Crippen MR) is 69.0 cm³/mol. The molecule has 0 aliphatic rings. The highest BCUT2D eigenvalue weighted by atomic mass is 79.9. The van der Waals surface area contributed by atoms with Crippen LogP contribution < -0.4 is 0 Å². The molecule has 0 N–H and O–H groups in total. The van der Waals surface area contributed by atoms with Crippen molar-refractivity contribution in [2.24, 2.45) is 0 Å². The van der Waals surface area contributed by atoms with Gasteiger partial charge < -0.3 is 0 Å². The van der Waals surface area contributed by atoms with Crippen LogP contribution in [0.15, 0.2) is 26.3 Å². The number of halogens is 2. The van der Waals surface area contributed by atoms with Gasteiger partial charge in [-0.25, -0.2) is 0 Å². The zero-order valence-electron chi connectivity index (χ0n) is 6.64. The van der Waals surface area contributed by atoms with Gasteiger partial charge in [0.15, 0.2) is 0 Å². The van der Waals surface area contributed by atoms with Crippen molar-refractivity contribution in [3.8, 4) is 0 Å². The second kappa shape index (κ2) is 3.85. The summed E-state index contributed by atoms with van der Waals surface area (Å²) in [7, 11) is 0. The largest absolute Gasteiger partial charge is 0.127 e. The van der Waals surface area contributed by atoms with E-state index in [2.05, 4.69) is 44.5 Å². The molecule has 0 aliphatic heterocycles. The van der Waals surface area contributed by atoms with Crippen molar-refractivity contribution in [2.75, 3.05) is 0 Å². The summed E-state index contributed by atoms with van der Waals surface area (Å²) in [6, 6.07) is 2.17. The molecule has 13 heavy (non-hydrogen) atoms. The quantitative estimate of drug-likeness (QED) is 0.659. The van der Waals surface area contributed by atoms with E-state index in [0.717, 1.165) is 6.42 Å².